The Morgan fingerprint density at radius 1 is 1.55 bits per heavy atom. The number of rotatable bonds is 1. The van der Waals surface area contributed by atoms with Gasteiger partial charge in [-0.25, -0.2) is 4.79 Å². The maximum atomic E-state index is 10.5. The fourth-order valence-corrected chi connectivity index (χ4v) is 0.870. The van der Waals surface area contributed by atoms with Gasteiger partial charge < -0.3 is 5.11 Å². The lowest BCUT2D eigenvalue weighted by atomic mass is 10.2. The van der Waals surface area contributed by atoms with E-state index >= 15 is 0 Å². The topological polar surface area (TPSA) is 37.3 Å². The maximum Gasteiger partial charge on any atom is 0.335 e. The van der Waals surface area contributed by atoms with Gasteiger partial charge in [-0.3, -0.25) is 0 Å². The fraction of sp³-hybridized carbons (Fsp3) is 0.222. The summed E-state index contributed by atoms with van der Waals surface area (Å²) in [5.41, 5.74) is 1.53. The van der Waals surface area contributed by atoms with Crippen LogP contribution >= 0.6 is 0 Å². The van der Waals surface area contributed by atoms with Crippen LogP contribution in [-0.4, -0.2) is 11.1 Å². The molecule has 0 aromatic carbocycles. The summed E-state index contributed by atoms with van der Waals surface area (Å²) >= 11 is 0. The van der Waals surface area contributed by atoms with E-state index in [1.165, 1.54) is 5.57 Å². The number of hydrogen-bond acceptors (Lipinski definition) is 1. The summed E-state index contributed by atoms with van der Waals surface area (Å²) in [6.07, 6.45) is 7.80. The molecular weight excluding hydrogens is 140 g/mol. The molecule has 2 nitrogen and oxygen atoms in total. The molecule has 0 aromatic rings. The first-order valence-corrected chi connectivity index (χ1v) is 3.47. The van der Waals surface area contributed by atoms with Crippen molar-refractivity contribution in [3.05, 3.63) is 35.5 Å². The Kier molecular flexibility index (Phi) is 2.26. The first-order chi connectivity index (χ1) is 5.20. The molecular formula is C9H10O2. The van der Waals surface area contributed by atoms with Gasteiger partial charge in [-0.2, -0.15) is 0 Å². The van der Waals surface area contributed by atoms with Crippen molar-refractivity contribution in [2.75, 3.05) is 0 Å². The van der Waals surface area contributed by atoms with Gasteiger partial charge in [0.15, 0.2) is 0 Å². The quantitative estimate of drug-likeness (QED) is 0.619. The van der Waals surface area contributed by atoms with Crippen molar-refractivity contribution in [3.8, 4) is 0 Å². The molecule has 0 heterocycles. The number of hydrogen-bond donors (Lipinski definition) is 1. The van der Waals surface area contributed by atoms with Gasteiger partial charge >= 0.3 is 5.97 Å². The lowest BCUT2D eigenvalue weighted by Gasteiger charge is -1.87. The number of aliphatic carboxylic acids is 1. The van der Waals surface area contributed by atoms with Crippen LogP contribution in [0, 0.1) is 0 Å². The Morgan fingerprint density at radius 2 is 2.27 bits per heavy atom. The molecule has 0 amide bonds. The zero-order valence-corrected chi connectivity index (χ0v) is 6.37. The van der Waals surface area contributed by atoms with Crippen LogP contribution in [-0.2, 0) is 4.79 Å². The van der Waals surface area contributed by atoms with Gasteiger partial charge in [0.1, 0.15) is 0 Å². The summed E-state index contributed by atoms with van der Waals surface area (Å²) in [5.74, 6) is -0.868. The van der Waals surface area contributed by atoms with E-state index in [9.17, 15) is 4.79 Å². The average Bonchev–Trinajstić information content (AvgIpc) is 2.13. The van der Waals surface area contributed by atoms with Crippen molar-refractivity contribution >= 4 is 5.97 Å². The molecule has 0 atom stereocenters. The number of carbonyl (C=O) groups is 1. The van der Waals surface area contributed by atoms with Crippen LogP contribution in [0.2, 0.25) is 0 Å². The standard InChI is InChI=1S/C9H10O2/c1-7-3-2-4-8(6-5-7)9(10)11/h2,4-6H,3H2,1H3,(H,10,11). The number of carboxylic acid groups (broad SMARTS) is 1. The molecule has 11 heavy (non-hydrogen) atoms. The van der Waals surface area contributed by atoms with Gasteiger partial charge in [-0.1, -0.05) is 23.8 Å². The third-order valence-corrected chi connectivity index (χ3v) is 1.53. The van der Waals surface area contributed by atoms with Crippen molar-refractivity contribution < 1.29 is 9.90 Å². The van der Waals surface area contributed by atoms with E-state index in [0.29, 0.717) is 5.57 Å². The summed E-state index contributed by atoms with van der Waals surface area (Å²) in [5, 5.41) is 8.60. The predicted octanol–water partition coefficient (Wildman–Crippen LogP) is 1.90. The highest BCUT2D eigenvalue weighted by Gasteiger charge is 2.02. The summed E-state index contributed by atoms with van der Waals surface area (Å²) in [4.78, 5) is 10.5. The van der Waals surface area contributed by atoms with Crippen LogP contribution in [0.3, 0.4) is 0 Å². The van der Waals surface area contributed by atoms with Crippen molar-refractivity contribution in [1.82, 2.24) is 0 Å². The molecule has 0 radical (unpaired) electrons. The van der Waals surface area contributed by atoms with Crippen LogP contribution in [0.1, 0.15) is 13.3 Å². The van der Waals surface area contributed by atoms with E-state index in [4.69, 9.17) is 5.11 Å². The smallest absolute Gasteiger partial charge is 0.335 e. The van der Waals surface area contributed by atoms with Crippen LogP contribution in [0.15, 0.2) is 35.5 Å². The molecule has 0 fully saturated rings. The van der Waals surface area contributed by atoms with Gasteiger partial charge in [0.25, 0.3) is 0 Å². The second-order valence-corrected chi connectivity index (χ2v) is 2.55. The van der Waals surface area contributed by atoms with E-state index in [2.05, 4.69) is 0 Å². The minimum absolute atomic E-state index is 0.349. The zero-order chi connectivity index (χ0) is 8.27. The Morgan fingerprint density at radius 3 is 2.91 bits per heavy atom. The van der Waals surface area contributed by atoms with Gasteiger partial charge in [-0.05, 0) is 19.4 Å². The fourth-order valence-electron chi connectivity index (χ4n) is 0.870. The largest absolute Gasteiger partial charge is 0.478 e. The SMILES string of the molecule is CC1=CC=C(C(=O)O)C=CC1. The molecule has 2 heteroatoms. The average molecular weight is 150 g/mol. The second kappa shape index (κ2) is 3.19. The minimum Gasteiger partial charge on any atom is -0.478 e. The molecule has 0 saturated carbocycles. The maximum absolute atomic E-state index is 10.5. The van der Waals surface area contributed by atoms with Crippen molar-refractivity contribution in [1.29, 1.82) is 0 Å². The first kappa shape index (κ1) is 7.79. The minimum atomic E-state index is -0.868. The lowest BCUT2D eigenvalue weighted by Crippen LogP contribution is -1.95. The molecule has 0 spiro atoms. The number of allylic oxidation sites excluding steroid dienone is 4. The monoisotopic (exact) mass is 150 g/mol. The van der Waals surface area contributed by atoms with Crippen molar-refractivity contribution in [2.24, 2.45) is 0 Å². The summed E-state index contributed by atoms with van der Waals surface area (Å²) < 4.78 is 0. The third-order valence-electron chi connectivity index (χ3n) is 1.53. The Bertz CT molecular complexity index is 257. The molecule has 0 unspecified atom stereocenters. The summed E-state index contributed by atoms with van der Waals surface area (Å²) in [6.45, 7) is 1.98. The second-order valence-electron chi connectivity index (χ2n) is 2.55. The molecule has 0 saturated heterocycles. The van der Waals surface area contributed by atoms with Gasteiger partial charge in [0, 0.05) is 0 Å². The normalized spacial score (nSPS) is 16.8. The van der Waals surface area contributed by atoms with Crippen molar-refractivity contribution in [2.45, 2.75) is 13.3 Å². The Balaban J connectivity index is 2.89. The highest BCUT2D eigenvalue weighted by Crippen LogP contribution is 2.09. The molecule has 0 aromatic heterocycles. The van der Waals surface area contributed by atoms with E-state index in [0.717, 1.165) is 6.42 Å². The van der Waals surface area contributed by atoms with Gasteiger partial charge in [0.05, 0.1) is 5.57 Å². The van der Waals surface area contributed by atoms with Crippen molar-refractivity contribution in [3.63, 3.8) is 0 Å². The van der Waals surface area contributed by atoms with Crippen LogP contribution in [0.25, 0.3) is 0 Å². The zero-order valence-electron chi connectivity index (χ0n) is 6.37. The van der Waals surface area contributed by atoms with E-state index in [1.54, 1.807) is 12.2 Å². The van der Waals surface area contributed by atoms with Gasteiger partial charge in [0.2, 0.25) is 0 Å². The highest BCUT2D eigenvalue weighted by atomic mass is 16.4. The van der Waals surface area contributed by atoms with E-state index in [-0.39, 0.29) is 0 Å². The summed E-state index contributed by atoms with van der Waals surface area (Å²) in [6, 6.07) is 0. The Labute approximate surface area is 65.5 Å². The predicted molar refractivity (Wildman–Crippen MR) is 43.2 cm³/mol. The third kappa shape index (κ3) is 2.08. The van der Waals surface area contributed by atoms with E-state index in [1.807, 2.05) is 19.1 Å². The molecule has 1 rings (SSSR count). The molecule has 1 aliphatic rings. The molecule has 0 bridgehead atoms. The molecule has 0 aliphatic heterocycles. The Hall–Kier alpha value is -1.31. The van der Waals surface area contributed by atoms with Crippen LogP contribution in [0.5, 0.6) is 0 Å². The van der Waals surface area contributed by atoms with E-state index < -0.39 is 5.97 Å². The highest BCUT2D eigenvalue weighted by molar-refractivity contribution is 5.90. The summed E-state index contributed by atoms with van der Waals surface area (Å²) in [7, 11) is 0. The number of carboxylic acids is 1. The molecule has 58 valence electrons. The van der Waals surface area contributed by atoms with Crippen LogP contribution in [0.4, 0.5) is 0 Å². The van der Waals surface area contributed by atoms with Gasteiger partial charge in [-0.15, -0.1) is 0 Å². The first-order valence-electron chi connectivity index (χ1n) is 3.47. The molecule has 1 aliphatic carbocycles. The lowest BCUT2D eigenvalue weighted by molar-refractivity contribution is -0.132. The van der Waals surface area contributed by atoms with Crippen LogP contribution < -0.4 is 0 Å². The molecule has 1 N–H and O–H groups in total.